The van der Waals surface area contributed by atoms with E-state index in [1.165, 1.54) is 18.3 Å². The highest BCUT2D eigenvalue weighted by molar-refractivity contribution is 7.89. The molecule has 4 nitrogen and oxygen atoms in total. The second-order valence-electron chi connectivity index (χ2n) is 4.28. The van der Waals surface area contributed by atoms with Crippen molar-refractivity contribution in [1.82, 2.24) is 4.31 Å². The number of hydrogen-bond donors (Lipinski definition) is 1. The van der Waals surface area contributed by atoms with E-state index in [1.807, 2.05) is 31.2 Å². The van der Waals surface area contributed by atoms with E-state index >= 15 is 0 Å². The van der Waals surface area contributed by atoms with Crippen LogP contribution in [0.3, 0.4) is 0 Å². The molecule has 0 radical (unpaired) electrons. The van der Waals surface area contributed by atoms with Crippen molar-refractivity contribution in [3.05, 3.63) is 35.4 Å². The van der Waals surface area contributed by atoms with Gasteiger partial charge >= 0.3 is 0 Å². The Labute approximate surface area is 103 Å². The summed E-state index contributed by atoms with van der Waals surface area (Å²) in [7, 11) is -1.89. The molecule has 1 N–H and O–H groups in total. The number of rotatable bonds is 5. The second kappa shape index (κ2) is 5.62. The smallest absolute Gasteiger partial charge is 0.219 e. The van der Waals surface area contributed by atoms with Crippen LogP contribution in [0.1, 0.15) is 18.1 Å². The summed E-state index contributed by atoms with van der Waals surface area (Å²) in [5.74, 6) is 0. The van der Waals surface area contributed by atoms with E-state index in [4.69, 9.17) is 5.11 Å². The Morgan fingerprint density at radius 1 is 1.41 bits per heavy atom. The van der Waals surface area contributed by atoms with Crippen LogP contribution in [0.4, 0.5) is 0 Å². The van der Waals surface area contributed by atoms with Gasteiger partial charge in [-0.25, -0.2) is 12.7 Å². The topological polar surface area (TPSA) is 57.6 Å². The zero-order valence-corrected chi connectivity index (χ0v) is 11.2. The number of sulfonamides is 1. The summed E-state index contributed by atoms with van der Waals surface area (Å²) >= 11 is 0. The zero-order chi connectivity index (χ0) is 13.1. The van der Waals surface area contributed by atoms with Gasteiger partial charge in [-0.2, -0.15) is 0 Å². The van der Waals surface area contributed by atoms with E-state index in [2.05, 4.69) is 0 Å². The van der Waals surface area contributed by atoms with Gasteiger partial charge in [0.1, 0.15) is 0 Å². The number of hydrogen-bond acceptors (Lipinski definition) is 3. The molecule has 1 aromatic rings. The summed E-state index contributed by atoms with van der Waals surface area (Å²) < 4.78 is 25.1. The second-order valence-corrected chi connectivity index (χ2v) is 6.74. The first-order valence-corrected chi connectivity index (χ1v) is 7.00. The largest absolute Gasteiger partial charge is 0.395 e. The van der Waals surface area contributed by atoms with Gasteiger partial charge in [-0.05, 0) is 19.4 Å². The Kier molecular flexibility index (Phi) is 4.68. The van der Waals surface area contributed by atoms with Crippen molar-refractivity contribution >= 4 is 10.0 Å². The molecule has 0 amide bonds. The fraction of sp³-hybridized carbons (Fsp3) is 0.500. The van der Waals surface area contributed by atoms with Crippen LogP contribution in [0.5, 0.6) is 0 Å². The van der Waals surface area contributed by atoms with Gasteiger partial charge in [-0.15, -0.1) is 0 Å². The van der Waals surface area contributed by atoms with E-state index in [0.29, 0.717) is 6.54 Å². The molecule has 0 saturated heterocycles. The predicted molar refractivity (Wildman–Crippen MR) is 68.1 cm³/mol. The summed E-state index contributed by atoms with van der Waals surface area (Å²) in [4.78, 5) is 0. The van der Waals surface area contributed by atoms with E-state index in [0.717, 1.165) is 11.1 Å². The standard InChI is InChI=1S/C12H19NO3S/c1-10-5-4-6-12(7-10)8-13(3)17(15,16)11(2)9-14/h4-7,11,14H,8-9H2,1-3H3. The molecule has 96 valence electrons. The van der Waals surface area contributed by atoms with Gasteiger partial charge in [0.15, 0.2) is 0 Å². The lowest BCUT2D eigenvalue weighted by atomic mass is 10.1. The Morgan fingerprint density at radius 3 is 2.59 bits per heavy atom. The average molecular weight is 257 g/mol. The van der Waals surface area contributed by atoms with Crippen molar-refractivity contribution in [3.8, 4) is 0 Å². The van der Waals surface area contributed by atoms with Gasteiger partial charge in [0.2, 0.25) is 10.0 Å². The molecule has 0 aliphatic heterocycles. The number of aryl methyl sites for hydroxylation is 1. The molecular formula is C12H19NO3S. The third kappa shape index (κ3) is 3.52. The maximum Gasteiger partial charge on any atom is 0.219 e. The molecule has 1 unspecified atom stereocenters. The fourth-order valence-electron chi connectivity index (χ4n) is 1.56. The molecule has 17 heavy (non-hydrogen) atoms. The summed E-state index contributed by atoms with van der Waals surface area (Å²) in [6.45, 7) is 3.44. The van der Waals surface area contributed by atoms with Gasteiger partial charge in [0.05, 0.1) is 11.9 Å². The Balaban J connectivity index is 2.83. The van der Waals surface area contributed by atoms with Gasteiger partial charge in [-0.1, -0.05) is 29.8 Å². The predicted octanol–water partition coefficient (Wildman–Crippen LogP) is 1.14. The molecule has 1 atom stereocenters. The highest BCUT2D eigenvalue weighted by Gasteiger charge is 2.25. The van der Waals surface area contributed by atoms with E-state index in [9.17, 15) is 8.42 Å². The van der Waals surface area contributed by atoms with Crippen molar-refractivity contribution in [3.63, 3.8) is 0 Å². The SMILES string of the molecule is Cc1cccc(CN(C)S(=O)(=O)C(C)CO)c1. The van der Waals surface area contributed by atoms with Crippen molar-refractivity contribution in [2.75, 3.05) is 13.7 Å². The number of nitrogens with zero attached hydrogens (tertiary/aromatic N) is 1. The summed E-state index contributed by atoms with van der Waals surface area (Å²) in [5, 5.41) is 8.16. The molecule has 0 aliphatic rings. The molecular weight excluding hydrogens is 238 g/mol. The van der Waals surface area contributed by atoms with Crippen LogP contribution in [0, 0.1) is 6.92 Å². The maximum atomic E-state index is 11.9. The molecule has 0 heterocycles. The highest BCUT2D eigenvalue weighted by Crippen LogP contribution is 2.12. The van der Waals surface area contributed by atoms with Crippen LogP contribution in [-0.2, 0) is 16.6 Å². The molecule has 0 bridgehead atoms. The van der Waals surface area contributed by atoms with Crippen molar-refractivity contribution in [1.29, 1.82) is 0 Å². The Bertz CT molecular complexity index is 470. The average Bonchev–Trinajstić information content (AvgIpc) is 2.27. The van der Waals surface area contributed by atoms with Crippen LogP contribution in [0.2, 0.25) is 0 Å². The molecule has 0 aromatic heterocycles. The third-order valence-electron chi connectivity index (χ3n) is 2.69. The molecule has 0 saturated carbocycles. The van der Waals surface area contributed by atoms with Gasteiger partial charge in [0, 0.05) is 13.6 Å². The lowest BCUT2D eigenvalue weighted by Crippen LogP contribution is -2.36. The van der Waals surface area contributed by atoms with Crippen molar-refractivity contribution < 1.29 is 13.5 Å². The normalized spacial score (nSPS) is 13.9. The number of aliphatic hydroxyl groups excluding tert-OH is 1. The molecule has 0 fully saturated rings. The highest BCUT2D eigenvalue weighted by atomic mass is 32.2. The van der Waals surface area contributed by atoms with Crippen LogP contribution < -0.4 is 0 Å². The van der Waals surface area contributed by atoms with Crippen LogP contribution >= 0.6 is 0 Å². The lowest BCUT2D eigenvalue weighted by molar-refractivity contribution is 0.290. The number of aliphatic hydroxyl groups is 1. The molecule has 5 heteroatoms. The van der Waals surface area contributed by atoms with Gasteiger partial charge in [-0.3, -0.25) is 0 Å². The van der Waals surface area contributed by atoms with E-state index in [1.54, 1.807) is 0 Å². The van der Waals surface area contributed by atoms with Gasteiger partial charge in [0.25, 0.3) is 0 Å². The van der Waals surface area contributed by atoms with Crippen molar-refractivity contribution in [2.45, 2.75) is 25.6 Å². The van der Waals surface area contributed by atoms with Crippen LogP contribution in [0.15, 0.2) is 24.3 Å². The maximum absolute atomic E-state index is 11.9. The first-order valence-electron chi connectivity index (χ1n) is 5.49. The fourth-order valence-corrected chi connectivity index (χ4v) is 2.69. The molecule has 1 rings (SSSR count). The van der Waals surface area contributed by atoms with Crippen LogP contribution in [0.25, 0.3) is 0 Å². The molecule has 0 aliphatic carbocycles. The Morgan fingerprint density at radius 2 is 2.06 bits per heavy atom. The van der Waals surface area contributed by atoms with E-state index < -0.39 is 15.3 Å². The Hall–Kier alpha value is -0.910. The monoisotopic (exact) mass is 257 g/mol. The lowest BCUT2D eigenvalue weighted by Gasteiger charge is -2.20. The number of benzene rings is 1. The van der Waals surface area contributed by atoms with E-state index in [-0.39, 0.29) is 6.61 Å². The minimum absolute atomic E-state index is 0.328. The summed E-state index contributed by atoms with van der Waals surface area (Å²) in [6, 6.07) is 7.72. The van der Waals surface area contributed by atoms with Crippen molar-refractivity contribution in [2.24, 2.45) is 0 Å². The quantitative estimate of drug-likeness (QED) is 0.860. The van der Waals surface area contributed by atoms with Gasteiger partial charge < -0.3 is 5.11 Å². The first-order chi connectivity index (χ1) is 7.87. The van der Waals surface area contributed by atoms with Crippen LogP contribution in [-0.4, -0.2) is 36.7 Å². The summed E-state index contributed by atoms with van der Waals surface area (Å²) in [6.07, 6.45) is 0. The molecule has 1 aromatic carbocycles. The minimum Gasteiger partial charge on any atom is -0.395 e. The molecule has 0 spiro atoms. The minimum atomic E-state index is -3.42. The summed E-state index contributed by atoms with van der Waals surface area (Å²) in [5.41, 5.74) is 2.05. The zero-order valence-electron chi connectivity index (χ0n) is 10.4. The third-order valence-corrected chi connectivity index (χ3v) is 4.85. The first kappa shape index (κ1) is 14.2.